The Hall–Kier alpha value is -4.41. The van der Waals surface area contributed by atoms with Crippen LogP contribution in [0.2, 0.25) is 0 Å². The lowest BCUT2D eigenvalue weighted by Gasteiger charge is -2.42. The van der Waals surface area contributed by atoms with Gasteiger partial charge in [0.25, 0.3) is 5.91 Å². The minimum absolute atomic E-state index is 0.107. The number of esters is 1. The number of rotatable bonds is 10. The Bertz CT molecular complexity index is 1480. The first-order valence-electron chi connectivity index (χ1n) is 14.3. The van der Waals surface area contributed by atoms with Crippen LogP contribution in [0.25, 0.3) is 5.69 Å². The second-order valence-corrected chi connectivity index (χ2v) is 10.7. The summed E-state index contributed by atoms with van der Waals surface area (Å²) in [6.45, 7) is 5.88. The van der Waals surface area contributed by atoms with E-state index in [1.54, 1.807) is 37.8 Å². The molecule has 11 nitrogen and oxygen atoms in total. The van der Waals surface area contributed by atoms with Crippen LogP contribution in [0.1, 0.15) is 84.5 Å². The molecule has 1 aliphatic heterocycles. The number of fused-ring (bicyclic) bond motifs is 3. The molecule has 0 unspecified atom stereocenters. The Morgan fingerprint density at radius 2 is 1.98 bits per heavy atom. The van der Waals surface area contributed by atoms with Crippen molar-refractivity contribution in [1.29, 1.82) is 0 Å². The molecule has 2 N–H and O–H groups in total. The van der Waals surface area contributed by atoms with Crippen LogP contribution in [0.4, 0.5) is 17.5 Å². The standard InChI is InChI=1S/C30H35N7O4/c1-4-14-41-29(39)25-26-22(5-2)37(20-8-6-7-9-20)27-23(36(26)17-32-25)16-31-30(35-27)34-21-13-10-18(15-24(21)40-3)28(38)33-19-11-12-19/h4,10,13,15-17,19-20,22H,1,5-9,11-12,14H2,2-3H3,(H,33,38)(H,31,34,35)/t22-/m1/s1. The largest absolute Gasteiger partial charge is 0.495 e. The van der Waals surface area contributed by atoms with Crippen molar-refractivity contribution in [1.82, 2.24) is 24.8 Å². The van der Waals surface area contributed by atoms with E-state index in [1.807, 2.05) is 10.6 Å². The van der Waals surface area contributed by atoms with Crippen molar-refractivity contribution in [3.05, 3.63) is 60.3 Å². The third-order valence-electron chi connectivity index (χ3n) is 7.96. The second kappa shape index (κ2) is 11.2. The number of carbonyl (C=O) groups excluding carboxylic acids is 2. The van der Waals surface area contributed by atoms with Gasteiger partial charge in [0.15, 0.2) is 11.5 Å². The molecule has 2 aliphatic carbocycles. The van der Waals surface area contributed by atoms with Gasteiger partial charge < -0.3 is 25.0 Å². The molecule has 2 aromatic heterocycles. The van der Waals surface area contributed by atoms with Gasteiger partial charge in [0, 0.05) is 17.6 Å². The third kappa shape index (κ3) is 5.12. The SMILES string of the molecule is C=CCOC(=O)c1ncn2c1[C@@H](CC)N(C1CCCC1)c1nc(Nc3ccc(C(=O)NC4CC4)cc3OC)ncc1-2. The fraction of sp³-hybridized carbons (Fsp3) is 0.433. The smallest absolute Gasteiger partial charge is 0.359 e. The summed E-state index contributed by atoms with van der Waals surface area (Å²) in [5.41, 5.74) is 3.06. The van der Waals surface area contributed by atoms with E-state index < -0.39 is 5.97 Å². The molecule has 6 rings (SSSR count). The molecule has 214 valence electrons. The third-order valence-corrected chi connectivity index (χ3v) is 7.96. The molecule has 3 aliphatic rings. The number of nitrogens with one attached hydrogen (secondary N) is 2. The Kier molecular flexibility index (Phi) is 7.34. The van der Waals surface area contributed by atoms with Crippen LogP contribution in [0.3, 0.4) is 0 Å². The van der Waals surface area contributed by atoms with Gasteiger partial charge >= 0.3 is 5.97 Å². The van der Waals surface area contributed by atoms with Gasteiger partial charge in [0.2, 0.25) is 5.95 Å². The monoisotopic (exact) mass is 557 g/mol. The zero-order valence-corrected chi connectivity index (χ0v) is 23.4. The molecule has 0 saturated heterocycles. The number of carbonyl (C=O) groups is 2. The molecule has 41 heavy (non-hydrogen) atoms. The lowest BCUT2D eigenvalue weighted by Crippen LogP contribution is -2.42. The van der Waals surface area contributed by atoms with Crippen LogP contribution in [-0.4, -0.2) is 57.2 Å². The van der Waals surface area contributed by atoms with Gasteiger partial charge in [0.05, 0.1) is 30.7 Å². The predicted molar refractivity (Wildman–Crippen MR) is 154 cm³/mol. The van der Waals surface area contributed by atoms with E-state index in [4.69, 9.17) is 14.5 Å². The summed E-state index contributed by atoms with van der Waals surface area (Å²) >= 11 is 0. The van der Waals surface area contributed by atoms with Crippen molar-refractivity contribution >= 4 is 29.3 Å². The maximum atomic E-state index is 12.9. The first-order valence-corrected chi connectivity index (χ1v) is 14.3. The van der Waals surface area contributed by atoms with Gasteiger partial charge in [-0.3, -0.25) is 9.36 Å². The molecule has 3 aromatic rings. The molecule has 0 bridgehead atoms. The van der Waals surface area contributed by atoms with Crippen LogP contribution < -0.4 is 20.3 Å². The lowest BCUT2D eigenvalue weighted by molar-refractivity contribution is 0.0541. The molecule has 1 atom stereocenters. The fourth-order valence-corrected chi connectivity index (χ4v) is 5.85. The summed E-state index contributed by atoms with van der Waals surface area (Å²) < 4.78 is 12.9. The number of anilines is 3. The molecular formula is C30H35N7O4. The van der Waals surface area contributed by atoms with Crippen molar-refractivity contribution in [2.24, 2.45) is 0 Å². The summed E-state index contributed by atoms with van der Waals surface area (Å²) in [6, 6.07) is 5.74. The summed E-state index contributed by atoms with van der Waals surface area (Å²) in [5.74, 6) is 1.14. The number of hydrogen-bond donors (Lipinski definition) is 2. The number of methoxy groups -OCH3 is 1. The molecule has 0 radical (unpaired) electrons. The Morgan fingerprint density at radius 1 is 1.17 bits per heavy atom. The van der Waals surface area contributed by atoms with Crippen LogP contribution >= 0.6 is 0 Å². The number of nitrogens with zero attached hydrogens (tertiary/aromatic N) is 5. The first-order chi connectivity index (χ1) is 20.0. The molecule has 0 spiro atoms. The summed E-state index contributed by atoms with van der Waals surface area (Å²) in [4.78, 5) is 41.9. The average Bonchev–Trinajstić information content (AvgIpc) is 3.43. The van der Waals surface area contributed by atoms with E-state index in [0.29, 0.717) is 28.6 Å². The van der Waals surface area contributed by atoms with Crippen molar-refractivity contribution < 1.29 is 19.1 Å². The highest BCUT2D eigenvalue weighted by molar-refractivity contribution is 5.95. The van der Waals surface area contributed by atoms with E-state index in [-0.39, 0.29) is 30.6 Å². The topological polar surface area (TPSA) is 124 Å². The predicted octanol–water partition coefficient (Wildman–Crippen LogP) is 4.86. The molecule has 11 heteroatoms. The zero-order chi connectivity index (χ0) is 28.5. The minimum Gasteiger partial charge on any atom is -0.495 e. The number of benzene rings is 1. The summed E-state index contributed by atoms with van der Waals surface area (Å²) in [6.07, 6.45) is 12.1. The normalized spacial score (nSPS) is 17.9. The summed E-state index contributed by atoms with van der Waals surface area (Å²) in [7, 11) is 1.57. The van der Waals surface area contributed by atoms with Crippen molar-refractivity contribution in [3.63, 3.8) is 0 Å². The quantitative estimate of drug-likeness (QED) is 0.266. The molecular weight excluding hydrogens is 522 g/mol. The van der Waals surface area contributed by atoms with Crippen LogP contribution in [0.5, 0.6) is 5.75 Å². The van der Waals surface area contributed by atoms with Crippen LogP contribution in [0, 0.1) is 0 Å². The zero-order valence-electron chi connectivity index (χ0n) is 23.4. The summed E-state index contributed by atoms with van der Waals surface area (Å²) in [5, 5.41) is 6.30. The van der Waals surface area contributed by atoms with Crippen molar-refractivity contribution in [2.45, 2.75) is 70.0 Å². The highest BCUT2D eigenvalue weighted by Gasteiger charge is 2.40. The number of hydrogen-bond acceptors (Lipinski definition) is 9. The van der Waals surface area contributed by atoms with Crippen LogP contribution in [0.15, 0.2) is 43.4 Å². The Morgan fingerprint density at radius 3 is 2.68 bits per heavy atom. The first kappa shape index (κ1) is 26.8. The van der Waals surface area contributed by atoms with E-state index >= 15 is 0 Å². The van der Waals surface area contributed by atoms with E-state index in [2.05, 4.69) is 39.0 Å². The minimum atomic E-state index is -0.465. The van der Waals surface area contributed by atoms with E-state index in [0.717, 1.165) is 62.1 Å². The highest BCUT2D eigenvalue weighted by Crippen LogP contribution is 2.45. The van der Waals surface area contributed by atoms with E-state index in [9.17, 15) is 9.59 Å². The van der Waals surface area contributed by atoms with Gasteiger partial charge in [-0.05, 0) is 50.3 Å². The average molecular weight is 558 g/mol. The van der Waals surface area contributed by atoms with Gasteiger partial charge in [-0.1, -0.05) is 32.4 Å². The fourth-order valence-electron chi connectivity index (χ4n) is 5.85. The lowest BCUT2D eigenvalue weighted by atomic mass is 10.00. The number of imidazole rings is 1. The molecule has 2 saturated carbocycles. The highest BCUT2D eigenvalue weighted by atomic mass is 16.5. The molecule has 3 heterocycles. The van der Waals surface area contributed by atoms with Gasteiger partial charge in [-0.2, -0.15) is 4.98 Å². The van der Waals surface area contributed by atoms with Crippen LogP contribution in [-0.2, 0) is 4.74 Å². The Labute approximate surface area is 239 Å². The van der Waals surface area contributed by atoms with Gasteiger partial charge in [-0.15, -0.1) is 0 Å². The number of aromatic nitrogens is 4. The number of ether oxygens (including phenoxy) is 2. The van der Waals surface area contributed by atoms with E-state index in [1.165, 1.54) is 0 Å². The maximum Gasteiger partial charge on any atom is 0.359 e. The molecule has 1 amide bonds. The number of amides is 1. The second-order valence-electron chi connectivity index (χ2n) is 10.7. The molecule has 1 aromatic carbocycles. The van der Waals surface area contributed by atoms with Gasteiger partial charge in [0.1, 0.15) is 24.4 Å². The maximum absolute atomic E-state index is 12.9. The van der Waals surface area contributed by atoms with Crippen molar-refractivity contribution in [2.75, 3.05) is 23.9 Å². The van der Waals surface area contributed by atoms with Gasteiger partial charge in [-0.25, -0.2) is 14.8 Å². The Balaban J connectivity index is 1.36. The molecule has 2 fully saturated rings. The van der Waals surface area contributed by atoms with Crippen molar-refractivity contribution in [3.8, 4) is 11.4 Å².